The van der Waals surface area contributed by atoms with Crippen LogP contribution in [-0.4, -0.2) is 57.0 Å². The third kappa shape index (κ3) is 4.06. The number of nitrogens with zero attached hydrogens (tertiary/aromatic N) is 3. The van der Waals surface area contributed by atoms with E-state index in [-0.39, 0.29) is 23.7 Å². The van der Waals surface area contributed by atoms with Crippen molar-refractivity contribution >= 4 is 23.1 Å². The summed E-state index contributed by atoms with van der Waals surface area (Å²) in [5.74, 6) is 0.844. The number of carbonyl (C=O) groups excluding carboxylic acids is 2. The van der Waals surface area contributed by atoms with Gasteiger partial charge in [-0.15, -0.1) is 0 Å². The highest BCUT2D eigenvalue weighted by molar-refractivity contribution is 5.87. The average Bonchev–Trinajstić information content (AvgIpc) is 2.96. The molecule has 2 atom stereocenters. The SMILES string of the molecule is CC(C)C1CC[C@@H](NC(=O)N2CCC(n3c(=O)[nH]c4ncccc43)CC2)C(=O)NC1. The van der Waals surface area contributed by atoms with Crippen LogP contribution in [0.2, 0.25) is 0 Å². The summed E-state index contributed by atoms with van der Waals surface area (Å²) in [7, 11) is 0. The second-order valence-electron chi connectivity index (χ2n) is 8.72. The van der Waals surface area contributed by atoms with Gasteiger partial charge in [-0.3, -0.25) is 14.3 Å². The van der Waals surface area contributed by atoms with Gasteiger partial charge in [-0.05, 0) is 49.7 Å². The molecular formula is C21H30N6O3. The normalized spacial score (nSPS) is 23.4. The van der Waals surface area contributed by atoms with Crippen molar-refractivity contribution in [1.29, 1.82) is 0 Å². The molecule has 2 aliphatic heterocycles. The van der Waals surface area contributed by atoms with Gasteiger partial charge in [-0.2, -0.15) is 0 Å². The lowest BCUT2D eigenvalue weighted by Gasteiger charge is -2.33. The van der Waals surface area contributed by atoms with Crippen molar-refractivity contribution in [2.24, 2.45) is 11.8 Å². The molecule has 0 aliphatic carbocycles. The van der Waals surface area contributed by atoms with Crippen LogP contribution >= 0.6 is 0 Å². The van der Waals surface area contributed by atoms with E-state index in [0.717, 1.165) is 11.9 Å². The molecule has 1 unspecified atom stereocenters. The van der Waals surface area contributed by atoms with Gasteiger partial charge in [-0.1, -0.05) is 13.8 Å². The van der Waals surface area contributed by atoms with E-state index in [1.165, 1.54) is 0 Å². The topological polar surface area (TPSA) is 112 Å². The van der Waals surface area contributed by atoms with Crippen LogP contribution in [0.1, 0.15) is 45.6 Å². The van der Waals surface area contributed by atoms with E-state index in [9.17, 15) is 14.4 Å². The molecule has 3 amide bonds. The lowest BCUT2D eigenvalue weighted by molar-refractivity contribution is -0.122. The Bertz CT molecular complexity index is 973. The molecular weight excluding hydrogens is 384 g/mol. The van der Waals surface area contributed by atoms with Crippen molar-refractivity contribution in [3.8, 4) is 0 Å². The lowest BCUT2D eigenvalue weighted by Crippen LogP contribution is -2.52. The highest BCUT2D eigenvalue weighted by atomic mass is 16.2. The summed E-state index contributed by atoms with van der Waals surface area (Å²) in [6, 6.07) is 3.03. The van der Waals surface area contributed by atoms with E-state index >= 15 is 0 Å². The third-order valence-electron chi connectivity index (χ3n) is 6.53. The maximum Gasteiger partial charge on any atom is 0.327 e. The third-order valence-corrected chi connectivity index (χ3v) is 6.53. The predicted octanol–water partition coefficient (Wildman–Crippen LogP) is 1.62. The number of pyridine rings is 1. The Morgan fingerprint density at radius 1 is 1.20 bits per heavy atom. The Morgan fingerprint density at radius 2 is 1.97 bits per heavy atom. The molecule has 0 saturated carbocycles. The molecule has 2 aliphatic rings. The molecule has 162 valence electrons. The molecule has 30 heavy (non-hydrogen) atoms. The second kappa shape index (κ2) is 8.49. The van der Waals surface area contributed by atoms with Gasteiger partial charge >= 0.3 is 11.7 Å². The number of rotatable bonds is 3. The molecule has 0 bridgehead atoms. The van der Waals surface area contributed by atoms with Gasteiger partial charge in [0.15, 0.2) is 5.65 Å². The maximum atomic E-state index is 12.8. The number of piperidine rings is 1. The van der Waals surface area contributed by atoms with Crippen LogP contribution < -0.4 is 16.3 Å². The summed E-state index contributed by atoms with van der Waals surface area (Å²) in [6.45, 7) is 6.07. The van der Waals surface area contributed by atoms with Crippen molar-refractivity contribution < 1.29 is 9.59 Å². The molecule has 2 aromatic heterocycles. The molecule has 9 heteroatoms. The van der Waals surface area contributed by atoms with Gasteiger partial charge < -0.3 is 15.5 Å². The van der Waals surface area contributed by atoms with Gasteiger partial charge in [0.25, 0.3) is 0 Å². The van der Waals surface area contributed by atoms with E-state index in [4.69, 9.17) is 0 Å². The fourth-order valence-corrected chi connectivity index (χ4v) is 4.56. The summed E-state index contributed by atoms with van der Waals surface area (Å²) in [4.78, 5) is 46.3. The zero-order valence-electron chi connectivity index (χ0n) is 17.6. The molecule has 4 rings (SSSR count). The molecule has 2 saturated heterocycles. The van der Waals surface area contributed by atoms with Gasteiger partial charge in [0.2, 0.25) is 5.91 Å². The van der Waals surface area contributed by atoms with Crippen molar-refractivity contribution in [3.63, 3.8) is 0 Å². The van der Waals surface area contributed by atoms with E-state index < -0.39 is 6.04 Å². The monoisotopic (exact) mass is 414 g/mol. The van der Waals surface area contributed by atoms with Gasteiger partial charge in [0, 0.05) is 31.9 Å². The van der Waals surface area contributed by atoms with Crippen molar-refractivity contribution in [1.82, 2.24) is 30.1 Å². The number of fused-ring (bicyclic) bond motifs is 1. The summed E-state index contributed by atoms with van der Waals surface area (Å²) in [5.41, 5.74) is 1.21. The number of aromatic nitrogens is 3. The van der Waals surface area contributed by atoms with E-state index in [2.05, 4.69) is 34.4 Å². The number of amides is 3. The van der Waals surface area contributed by atoms with Crippen LogP contribution in [0.3, 0.4) is 0 Å². The Balaban J connectivity index is 1.36. The van der Waals surface area contributed by atoms with Gasteiger partial charge in [0.1, 0.15) is 6.04 Å². The standard InChI is InChI=1S/C21H30N6O3/c1-13(2)14-5-6-16(19(28)23-12-14)24-20(29)26-10-7-15(8-11-26)27-17-4-3-9-22-18(17)25-21(27)30/h3-4,9,13-16H,5-8,10-12H2,1-2H3,(H,23,28)(H,24,29)(H,22,25,30)/t14?,16-/m1/s1. The minimum Gasteiger partial charge on any atom is -0.354 e. The molecule has 3 N–H and O–H groups in total. The quantitative estimate of drug-likeness (QED) is 0.708. The molecule has 0 spiro atoms. The number of urea groups is 1. The second-order valence-corrected chi connectivity index (χ2v) is 8.72. The largest absolute Gasteiger partial charge is 0.354 e. The Kier molecular flexibility index (Phi) is 5.78. The summed E-state index contributed by atoms with van der Waals surface area (Å²) in [5, 5.41) is 5.88. The highest BCUT2D eigenvalue weighted by Gasteiger charge is 2.31. The first-order valence-electron chi connectivity index (χ1n) is 10.8. The fourth-order valence-electron chi connectivity index (χ4n) is 4.56. The first-order chi connectivity index (χ1) is 14.4. The maximum absolute atomic E-state index is 12.8. The molecule has 0 radical (unpaired) electrons. The zero-order valence-corrected chi connectivity index (χ0v) is 17.6. The zero-order chi connectivity index (χ0) is 21.3. The highest BCUT2D eigenvalue weighted by Crippen LogP contribution is 2.25. The van der Waals surface area contributed by atoms with Crippen LogP contribution in [0.5, 0.6) is 0 Å². The fraction of sp³-hybridized carbons (Fsp3) is 0.619. The van der Waals surface area contributed by atoms with Crippen LogP contribution in [0, 0.1) is 11.8 Å². The number of H-pyrrole nitrogens is 1. The minimum absolute atomic E-state index is 0.0208. The van der Waals surface area contributed by atoms with Crippen molar-refractivity contribution in [2.75, 3.05) is 19.6 Å². The number of hydrogen-bond donors (Lipinski definition) is 3. The van der Waals surface area contributed by atoms with Crippen molar-refractivity contribution in [3.05, 3.63) is 28.8 Å². The van der Waals surface area contributed by atoms with E-state index in [1.54, 1.807) is 15.7 Å². The average molecular weight is 415 g/mol. The van der Waals surface area contributed by atoms with Gasteiger partial charge in [0.05, 0.1) is 5.52 Å². The van der Waals surface area contributed by atoms with Gasteiger partial charge in [-0.25, -0.2) is 14.6 Å². The van der Waals surface area contributed by atoms with Crippen LogP contribution in [0.25, 0.3) is 11.2 Å². The van der Waals surface area contributed by atoms with Crippen LogP contribution in [-0.2, 0) is 4.79 Å². The van der Waals surface area contributed by atoms with Crippen LogP contribution in [0.4, 0.5) is 4.79 Å². The first-order valence-corrected chi connectivity index (χ1v) is 10.8. The molecule has 0 aromatic carbocycles. The molecule has 2 fully saturated rings. The number of nitrogens with one attached hydrogen (secondary N) is 3. The number of aromatic amines is 1. The lowest BCUT2D eigenvalue weighted by atomic mass is 9.91. The van der Waals surface area contributed by atoms with E-state index in [0.29, 0.717) is 56.4 Å². The number of hydrogen-bond acceptors (Lipinski definition) is 4. The summed E-state index contributed by atoms with van der Waals surface area (Å²) in [6.07, 6.45) is 4.60. The molecule has 9 nitrogen and oxygen atoms in total. The Labute approximate surface area is 175 Å². The number of likely N-dealkylation sites (tertiary alicyclic amines) is 1. The Hall–Kier alpha value is -2.84. The Morgan fingerprint density at radius 3 is 2.70 bits per heavy atom. The molecule has 2 aromatic rings. The minimum atomic E-state index is -0.485. The summed E-state index contributed by atoms with van der Waals surface area (Å²) >= 11 is 0. The van der Waals surface area contributed by atoms with Crippen molar-refractivity contribution in [2.45, 2.75) is 51.6 Å². The number of imidazole rings is 1. The predicted molar refractivity (Wildman–Crippen MR) is 113 cm³/mol. The number of carbonyl (C=O) groups is 2. The van der Waals surface area contributed by atoms with E-state index in [1.807, 2.05) is 12.1 Å². The van der Waals surface area contributed by atoms with Crippen LogP contribution in [0.15, 0.2) is 23.1 Å². The smallest absolute Gasteiger partial charge is 0.327 e. The first kappa shape index (κ1) is 20.4. The summed E-state index contributed by atoms with van der Waals surface area (Å²) < 4.78 is 1.75. The molecule has 4 heterocycles.